The summed E-state index contributed by atoms with van der Waals surface area (Å²) in [7, 11) is 0. The van der Waals surface area contributed by atoms with E-state index < -0.39 is 0 Å². The molecule has 2 amide bonds. The Hall–Kier alpha value is -2.93. The Morgan fingerprint density at radius 2 is 1.94 bits per heavy atom. The highest BCUT2D eigenvalue weighted by Gasteiger charge is 2.25. The fourth-order valence-electron chi connectivity index (χ4n) is 4.31. The van der Waals surface area contributed by atoms with Gasteiger partial charge < -0.3 is 19.9 Å². The van der Waals surface area contributed by atoms with Crippen LogP contribution in [0.1, 0.15) is 42.6 Å². The van der Waals surface area contributed by atoms with Crippen molar-refractivity contribution in [3.63, 3.8) is 0 Å². The molecule has 31 heavy (non-hydrogen) atoms. The second kappa shape index (κ2) is 9.06. The number of hydrogen-bond acceptors (Lipinski definition) is 4. The van der Waals surface area contributed by atoms with Crippen molar-refractivity contribution in [2.24, 2.45) is 0 Å². The summed E-state index contributed by atoms with van der Waals surface area (Å²) in [4.78, 5) is 28.3. The molecule has 0 aliphatic carbocycles. The number of amides is 2. The quantitative estimate of drug-likeness (QED) is 0.797. The average Bonchev–Trinajstić information content (AvgIpc) is 3.17. The molecule has 0 saturated carbocycles. The van der Waals surface area contributed by atoms with E-state index in [-0.39, 0.29) is 36.4 Å². The van der Waals surface area contributed by atoms with Crippen molar-refractivity contribution in [1.29, 1.82) is 0 Å². The maximum atomic E-state index is 14.8. The molecule has 2 aliphatic rings. The van der Waals surface area contributed by atoms with Gasteiger partial charge in [-0.3, -0.25) is 9.59 Å². The Morgan fingerprint density at radius 3 is 2.61 bits per heavy atom. The molecule has 2 fully saturated rings. The number of halogens is 1. The van der Waals surface area contributed by atoms with E-state index in [1.165, 1.54) is 6.07 Å². The molecule has 4 rings (SSSR count). The zero-order chi connectivity index (χ0) is 22.0. The first-order valence-corrected chi connectivity index (χ1v) is 10.8. The van der Waals surface area contributed by atoms with Crippen molar-refractivity contribution in [2.45, 2.75) is 45.4 Å². The second-order valence-corrected chi connectivity index (χ2v) is 8.33. The van der Waals surface area contributed by atoms with E-state index in [0.717, 1.165) is 12.1 Å². The van der Waals surface area contributed by atoms with Crippen LogP contribution in [0.15, 0.2) is 42.5 Å². The highest BCUT2D eigenvalue weighted by Crippen LogP contribution is 2.25. The van der Waals surface area contributed by atoms with Crippen LogP contribution in [0.25, 0.3) is 0 Å². The van der Waals surface area contributed by atoms with Crippen LogP contribution < -0.4 is 15.1 Å². The molecule has 2 aromatic carbocycles. The van der Waals surface area contributed by atoms with Crippen molar-refractivity contribution < 1.29 is 18.7 Å². The lowest BCUT2D eigenvalue weighted by Crippen LogP contribution is -2.45. The lowest BCUT2D eigenvalue weighted by atomic mass is 10.1. The van der Waals surface area contributed by atoms with Crippen LogP contribution >= 0.6 is 0 Å². The minimum Gasteiger partial charge on any atom is -0.372 e. The first-order chi connectivity index (χ1) is 14.9. The smallest absolute Gasteiger partial charge is 0.251 e. The molecule has 2 unspecified atom stereocenters. The van der Waals surface area contributed by atoms with E-state index >= 15 is 0 Å². The SMILES string of the molecule is CC1CN(c2ccc(CNC(=O)c3cccc(N4CCCC4=O)c3)cc2F)CC(C)O1. The lowest BCUT2D eigenvalue weighted by Gasteiger charge is -2.37. The van der Waals surface area contributed by atoms with Gasteiger partial charge in [-0.15, -0.1) is 0 Å². The third kappa shape index (κ3) is 4.88. The number of benzene rings is 2. The summed E-state index contributed by atoms with van der Waals surface area (Å²) in [6.07, 6.45) is 1.47. The molecule has 7 heteroatoms. The molecule has 0 bridgehead atoms. The first kappa shape index (κ1) is 21.3. The van der Waals surface area contributed by atoms with Crippen molar-refractivity contribution in [3.8, 4) is 0 Å². The summed E-state index contributed by atoms with van der Waals surface area (Å²) in [5.41, 5.74) is 2.46. The van der Waals surface area contributed by atoms with Gasteiger partial charge in [0.25, 0.3) is 5.91 Å². The van der Waals surface area contributed by atoms with Gasteiger partial charge in [0.2, 0.25) is 5.91 Å². The minimum atomic E-state index is -0.303. The molecule has 1 N–H and O–H groups in total. The van der Waals surface area contributed by atoms with Gasteiger partial charge in [-0.25, -0.2) is 4.39 Å². The van der Waals surface area contributed by atoms with Crippen molar-refractivity contribution in [1.82, 2.24) is 5.32 Å². The highest BCUT2D eigenvalue weighted by atomic mass is 19.1. The molecule has 2 saturated heterocycles. The van der Waals surface area contributed by atoms with E-state index in [2.05, 4.69) is 5.32 Å². The standard InChI is InChI=1S/C24H28FN3O3/c1-16-14-27(15-17(2)31-16)22-9-8-18(11-21(22)25)13-26-24(30)19-5-3-6-20(12-19)28-10-4-7-23(28)29/h3,5-6,8-9,11-12,16-17H,4,7,10,13-15H2,1-2H3,(H,26,30). The van der Waals surface area contributed by atoms with E-state index in [1.807, 2.05) is 30.9 Å². The third-order valence-corrected chi connectivity index (χ3v) is 5.72. The van der Waals surface area contributed by atoms with E-state index in [1.54, 1.807) is 29.2 Å². The van der Waals surface area contributed by atoms with Crippen LogP contribution in [0.2, 0.25) is 0 Å². The van der Waals surface area contributed by atoms with E-state index in [4.69, 9.17) is 4.74 Å². The van der Waals surface area contributed by atoms with Gasteiger partial charge in [0.1, 0.15) is 5.82 Å². The fourth-order valence-corrected chi connectivity index (χ4v) is 4.31. The minimum absolute atomic E-state index is 0.0498. The van der Waals surface area contributed by atoms with Gasteiger partial charge >= 0.3 is 0 Å². The number of morpholine rings is 1. The number of nitrogens with one attached hydrogen (secondary N) is 1. The number of carbonyl (C=O) groups excluding carboxylic acids is 2. The van der Waals surface area contributed by atoms with Gasteiger partial charge in [0.05, 0.1) is 17.9 Å². The highest BCUT2D eigenvalue weighted by molar-refractivity contribution is 5.99. The molecule has 164 valence electrons. The first-order valence-electron chi connectivity index (χ1n) is 10.8. The summed E-state index contributed by atoms with van der Waals surface area (Å²) in [5, 5.41) is 2.84. The summed E-state index contributed by atoms with van der Waals surface area (Å²) < 4.78 is 20.5. The second-order valence-electron chi connectivity index (χ2n) is 8.33. The predicted octanol–water partition coefficient (Wildman–Crippen LogP) is 3.50. The zero-order valence-electron chi connectivity index (χ0n) is 17.9. The van der Waals surface area contributed by atoms with Crippen LogP contribution in [0.3, 0.4) is 0 Å². The fraction of sp³-hybridized carbons (Fsp3) is 0.417. The van der Waals surface area contributed by atoms with Gasteiger partial charge in [-0.05, 0) is 56.2 Å². The molecular weight excluding hydrogens is 397 g/mol. The summed E-state index contributed by atoms with van der Waals surface area (Å²) in [6.45, 7) is 6.16. The average molecular weight is 426 g/mol. The van der Waals surface area contributed by atoms with Crippen LogP contribution in [0.5, 0.6) is 0 Å². The van der Waals surface area contributed by atoms with Crippen molar-refractivity contribution in [2.75, 3.05) is 29.4 Å². The topological polar surface area (TPSA) is 61.9 Å². The number of hydrogen-bond donors (Lipinski definition) is 1. The summed E-state index contributed by atoms with van der Waals surface area (Å²) in [6, 6.07) is 12.1. The molecule has 2 heterocycles. The van der Waals surface area contributed by atoms with Crippen LogP contribution in [-0.4, -0.2) is 43.7 Å². The van der Waals surface area contributed by atoms with Crippen molar-refractivity contribution in [3.05, 3.63) is 59.4 Å². The Kier molecular flexibility index (Phi) is 6.23. The van der Waals surface area contributed by atoms with Crippen LogP contribution in [0, 0.1) is 5.82 Å². The Labute approximate surface area is 182 Å². The van der Waals surface area contributed by atoms with Gasteiger partial charge in [0, 0.05) is 43.9 Å². The van der Waals surface area contributed by atoms with Gasteiger partial charge in [0.15, 0.2) is 0 Å². The zero-order valence-corrected chi connectivity index (χ0v) is 17.9. The molecule has 2 aromatic rings. The van der Waals surface area contributed by atoms with Crippen LogP contribution in [0.4, 0.5) is 15.8 Å². The summed E-state index contributed by atoms with van der Waals surface area (Å²) in [5.74, 6) is -0.478. The predicted molar refractivity (Wildman–Crippen MR) is 118 cm³/mol. The van der Waals surface area contributed by atoms with Gasteiger partial charge in [-0.1, -0.05) is 12.1 Å². The Morgan fingerprint density at radius 1 is 1.16 bits per heavy atom. The maximum absolute atomic E-state index is 14.8. The molecule has 6 nitrogen and oxygen atoms in total. The summed E-state index contributed by atoms with van der Waals surface area (Å²) >= 11 is 0. The molecule has 0 spiro atoms. The lowest BCUT2D eigenvalue weighted by molar-refractivity contribution is -0.117. The molecule has 0 aromatic heterocycles. The largest absolute Gasteiger partial charge is 0.372 e. The monoisotopic (exact) mass is 425 g/mol. The molecule has 2 atom stereocenters. The number of ether oxygens (including phenoxy) is 1. The number of nitrogens with zero attached hydrogens (tertiary/aromatic N) is 2. The maximum Gasteiger partial charge on any atom is 0.251 e. The molecular formula is C24H28FN3O3. The number of anilines is 2. The number of rotatable bonds is 5. The third-order valence-electron chi connectivity index (χ3n) is 5.72. The van der Waals surface area contributed by atoms with Crippen LogP contribution in [-0.2, 0) is 16.1 Å². The Balaban J connectivity index is 1.40. The van der Waals surface area contributed by atoms with E-state index in [0.29, 0.717) is 42.9 Å². The molecule has 2 aliphatic heterocycles. The molecule has 0 radical (unpaired) electrons. The van der Waals surface area contributed by atoms with Crippen molar-refractivity contribution >= 4 is 23.2 Å². The van der Waals surface area contributed by atoms with Gasteiger partial charge in [-0.2, -0.15) is 0 Å². The Bertz CT molecular complexity index is 970. The normalized spacial score (nSPS) is 21.5. The number of carbonyl (C=O) groups is 2. The van der Waals surface area contributed by atoms with E-state index in [9.17, 15) is 14.0 Å².